The molecular formula is C25H26. The molecule has 1 aliphatic carbocycles. The van der Waals surface area contributed by atoms with Gasteiger partial charge in [0, 0.05) is 5.41 Å². The van der Waals surface area contributed by atoms with Gasteiger partial charge in [-0.1, -0.05) is 110 Å². The first-order valence-corrected chi connectivity index (χ1v) is 9.59. The molecule has 3 aromatic carbocycles. The van der Waals surface area contributed by atoms with Crippen molar-refractivity contribution >= 4 is 0 Å². The zero-order valence-electron chi connectivity index (χ0n) is 14.8. The summed E-state index contributed by atoms with van der Waals surface area (Å²) in [6, 6.07) is 33.5. The molecule has 0 amide bonds. The number of hydrogen-bond acceptors (Lipinski definition) is 0. The van der Waals surface area contributed by atoms with Gasteiger partial charge in [0.05, 0.1) is 0 Å². The van der Waals surface area contributed by atoms with E-state index in [9.17, 15) is 0 Å². The number of rotatable bonds is 4. The Morgan fingerprint density at radius 2 is 0.840 bits per heavy atom. The molecule has 0 heterocycles. The first-order chi connectivity index (χ1) is 12.4. The number of benzene rings is 3. The van der Waals surface area contributed by atoms with Crippen LogP contribution in [0.15, 0.2) is 91.0 Å². The van der Waals surface area contributed by atoms with Crippen molar-refractivity contribution in [2.75, 3.05) is 0 Å². The third-order valence-corrected chi connectivity index (χ3v) is 5.90. The molecular weight excluding hydrogens is 300 g/mol. The average molecular weight is 326 g/mol. The van der Waals surface area contributed by atoms with Crippen LogP contribution in [-0.2, 0) is 5.41 Å². The maximum Gasteiger partial charge on any atom is 0.0479 e. The molecule has 3 aromatic rings. The molecule has 1 saturated carbocycles. The molecule has 0 radical (unpaired) electrons. The summed E-state index contributed by atoms with van der Waals surface area (Å²) in [4.78, 5) is 0. The van der Waals surface area contributed by atoms with Crippen molar-refractivity contribution in [2.45, 2.75) is 37.5 Å². The third-order valence-electron chi connectivity index (χ3n) is 5.90. The van der Waals surface area contributed by atoms with Gasteiger partial charge in [0.15, 0.2) is 0 Å². The van der Waals surface area contributed by atoms with Crippen LogP contribution in [0.5, 0.6) is 0 Å². The first-order valence-electron chi connectivity index (χ1n) is 9.59. The molecule has 0 bridgehead atoms. The Morgan fingerprint density at radius 1 is 0.480 bits per heavy atom. The Hall–Kier alpha value is -2.34. The monoisotopic (exact) mass is 326 g/mol. The molecule has 0 unspecified atom stereocenters. The highest BCUT2D eigenvalue weighted by molar-refractivity contribution is 5.51. The predicted molar refractivity (Wildman–Crippen MR) is 106 cm³/mol. The summed E-state index contributed by atoms with van der Waals surface area (Å²) in [6.45, 7) is 0. The molecule has 0 atom stereocenters. The van der Waals surface area contributed by atoms with E-state index in [2.05, 4.69) is 91.0 Å². The fraction of sp³-hybridized carbons (Fsp3) is 0.280. The Labute approximate surface area is 151 Å². The van der Waals surface area contributed by atoms with Gasteiger partial charge in [-0.25, -0.2) is 0 Å². The summed E-state index contributed by atoms with van der Waals surface area (Å²) in [6.07, 6.45) is 6.68. The lowest BCUT2D eigenvalue weighted by Crippen LogP contribution is -2.39. The average Bonchev–Trinajstić information content (AvgIpc) is 2.72. The van der Waals surface area contributed by atoms with Gasteiger partial charge in [-0.2, -0.15) is 0 Å². The van der Waals surface area contributed by atoms with E-state index in [4.69, 9.17) is 0 Å². The van der Waals surface area contributed by atoms with E-state index in [1.54, 1.807) is 0 Å². The zero-order chi connectivity index (χ0) is 17.0. The van der Waals surface area contributed by atoms with Crippen LogP contribution in [0, 0.1) is 5.92 Å². The second kappa shape index (κ2) is 7.27. The highest BCUT2D eigenvalue weighted by Crippen LogP contribution is 2.50. The molecule has 0 nitrogen and oxygen atoms in total. The van der Waals surface area contributed by atoms with E-state index in [-0.39, 0.29) is 5.41 Å². The second-order valence-corrected chi connectivity index (χ2v) is 7.24. The van der Waals surface area contributed by atoms with Crippen LogP contribution < -0.4 is 0 Å². The van der Waals surface area contributed by atoms with E-state index in [0.717, 1.165) is 0 Å². The summed E-state index contributed by atoms with van der Waals surface area (Å²) in [7, 11) is 0. The minimum Gasteiger partial charge on any atom is -0.0622 e. The van der Waals surface area contributed by atoms with Crippen molar-refractivity contribution in [2.24, 2.45) is 5.92 Å². The van der Waals surface area contributed by atoms with Crippen molar-refractivity contribution in [1.29, 1.82) is 0 Å². The van der Waals surface area contributed by atoms with Crippen molar-refractivity contribution in [1.82, 2.24) is 0 Å². The van der Waals surface area contributed by atoms with Crippen LogP contribution in [-0.4, -0.2) is 0 Å². The molecule has 0 aromatic heterocycles. The quantitative estimate of drug-likeness (QED) is 0.474. The molecule has 126 valence electrons. The third kappa shape index (κ3) is 2.91. The summed E-state index contributed by atoms with van der Waals surface area (Å²) >= 11 is 0. The van der Waals surface area contributed by atoms with E-state index in [1.165, 1.54) is 48.8 Å². The lowest BCUT2D eigenvalue weighted by atomic mass is 9.58. The molecule has 0 aliphatic heterocycles. The topological polar surface area (TPSA) is 0 Å². The van der Waals surface area contributed by atoms with E-state index >= 15 is 0 Å². The molecule has 0 N–H and O–H groups in total. The minimum atomic E-state index is -0.0514. The molecule has 1 fully saturated rings. The van der Waals surface area contributed by atoms with Crippen LogP contribution in [0.1, 0.15) is 48.8 Å². The van der Waals surface area contributed by atoms with Crippen molar-refractivity contribution in [3.63, 3.8) is 0 Å². The molecule has 25 heavy (non-hydrogen) atoms. The fourth-order valence-corrected chi connectivity index (χ4v) is 4.85. The fourth-order valence-electron chi connectivity index (χ4n) is 4.85. The Kier molecular flexibility index (Phi) is 4.70. The summed E-state index contributed by atoms with van der Waals surface area (Å²) in [5.74, 6) is 0.647. The molecule has 0 spiro atoms. The SMILES string of the molecule is c1ccc(C(c2ccccc2)(c2ccccc2)C2CCCCC2)cc1. The summed E-state index contributed by atoms with van der Waals surface area (Å²) < 4.78 is 0. The highest BCUT2D eigenvalue weighted by atomic mass is 14.5. The van der Waals surface area contributed by atoms with Crippen molar-refractivity contribution < 1.29 is 0 Å². The van der Waals surface area contributed by atoms with Gasteiger partial charge in [0.2, 0.25) is 0 Å². The maximum absolute atomic E-state index is 2.33. The second-order valence-electron chi connectivity index (χ2n) is 7.24. The molecule has 4 rings (SSSR count). The lowest BCUT2D eigenvalue weighted by molar-refractivity contribution is 0.271. The van der Waals surface area contributed by atoms with Gasteiger partial charge < -0.3 is 0 Å². The van der Waals surface area contributed by atoms with Gasteiger partial charge in [-0.05, 0) is 35.4 Å². The van der Waals surface area contributed by atoms with Gasteiger partial charge in [0.1, 0.15) is 0 Å². The Morgan fingerprint density at radius 3 is 1.20 bits per heavy atom. The van der Waals surface area contributed by atoms with Crippen LogP contribution in [0.4, 0.5) is 0 Å². The van der Waals surface area contributed by atoms with Gasteiger partial charge >= 0.3 is 0 Å². The minimum absolute atomic E-state index is 0.0514. The maximum atomic E-state index is 2.33. The highest BCUT2D eigenvalue weighted by Gasteiger charge is 2.43. The van der Waals surface area contributed by atoms with Gasteiger partial charge in [0.25, 0.3) is 0 Å². The Balaban J connectivity index is 2.01. The van der Waals surface area contributed by atoms with Crippen LogP contribution in [0.3, 0.4) is 0 Å². The predicted octanol–water partition coefficient (Wildman–Crippen LogP) is 6.60. The van der Waals surface area contributed by atoms with E-state index < -0.39 is 0 Å². The van der Waals surface area contributed by atoms with Gasteiger partial charge in [-0.15, -0.1) is 0 Å². The molecule has 1 aliphatic rings. The van der Waals surface area contributed by atoms with Crippen LogP contribution in [0.2, 0.25) is 0 Å². The zero-order valence-corrected chi connectivity index (χ0v) is 14.8. The first kappa shape index (κ1) is 16.1. The van der Waals surface area contributed by atoms with E-state index in [0.29, 0.717) is 5.92 Å². The Bertz CT molecular complexity index is 671. The van der Waals surface area contributed by atoms with E-state index in [1.807, 2.05) is 0 Å². The molecule has 0 saturated heterocycles. The van der Waals surface area contributed by atoms with Crippen LogP contribution in [0.25, 0.3) is 0 Å². The normalized spacial score (nSPS) is 15.8. The number of hydrogen-bond donors (Lipinski definition) is 0. The van der Waals surface area contributed by atoms with Gasteiger partial charge in [-0.3, -0.25) is 0 Å². The smallest absolute Gasteiger partial charge is 0.0479 e. The van der Waals surface area contributed by atoms with Crippen LogP contribution >= 0.6 is 0 Å². The van der Waals surface area contributed by atoms with Crippen molar-refractivity contribution in [3.8, 4) is 0 Å². The summed E-state index contributed by atoms with van der Waals surface area (Å²) in [5.41, 5.74) is 4.24. The largest absolute Gasteiger partial charge is 0.0622 e. The summed E-state index contributed by atoms with van der Waals surface area (Å²) in [5, 5.41) is 0. The van der Waals surface area contributed by atoms with Crippen molar-refractivity contribution in [3.05, 3.63) is 108 Å². The lowest BCUT2D eigenvalue weighted by Gasteiger charge is -2.44. The standard InChI is InChI=1S/C25H26/c1-5-13-21(14-6-1)25(22-15-7-2-8-16-22,23-17-9-3-10-18-23)24-19-11-4-12-20-24/h1-3,5-10,13-18,24H,4,11-12,19-20H2. The molecule has 0 heteroatoms.